The predicted octanol–water partition coefficient (Wildman–Crippen LogP) is 4.85. The first-order valence-corrected chi connectivity index (χ1v) is 6.90. The summed E-state index contributed by atoms with van der Waals surface area (Å²) in [6.45, 7) is 0. The molecular formula is C10H4BrCl3N4O2. The highest BCUT2D eigenvalue weighted by atomic mass is 79.9. The number of aromatic nitrogens is 2. The third-order valence-electron chi connectivity index (χ3n) is 2.25. The van der Waals surface area contributed by atoms with E-state index in [9.17, 15) is 10.1 Å². The maximum Gasteiger partial charge on any atom is 0.348 e. The zero-order valence-corrected chi connectivity index (χ0v) is 13.3. The largest absolute Gasteiger partial charge is 0.348 e. The SMILES string of the molecule is O=[N+]([O-])c1c(Cl)ncnc1Nc1ccc(Br)c(Cl)c1Cl. The number of rotatable bonds is 3. The minimum atomic E-state index is -0.682. The summed E-state index contributed by atoms with van der Waals surface area (Å²) in [6, 6.07) is 3.24. The third-order valence-corrected chi connectivity index (χ3v) is 4.30. The summed E-state index contributed by atoms with van der Waals surface area (Å²) >= 11 is 20.9. The summed E-state index contributed by atoms with van der Waals surface area (Å²) < 4.78 is 0.602. The van der Waals surface area contributed by atoms with E-state index in [4.69, 9.17) is 34.8 Å². The molecule has 1 aromatic carbocycles. The molecule has 104 valence electrons. The van der Waals surface area contributed by atoms with Gasteiger partial charge in [0, 0.05) is 4.47 Å². The van der Waals surface area contributed by atoms with Crippen LogP contribution < -0.4 is 5.32 Å². The molecule has 0 unspecified atom stereocenters. The second kappa shape index (κ2) is 6.09. The van der Waals surface area contributed by atoms with Gasteiger partial charge in [0.2, 0.25) is 11.0 Å². The summed E-state index contributed by atoms with van der Waals surface area (Å²) in [5.74, 6) is -0.0738. The van der Waals surface area contributed by atoms with Gasteiger partial charge in [-0.1, -0.05) is 34.8 Å². The van der Waals surface area contributed by atoms with Crippen LogP contribution in [0, 0.1) is 10.1 Å². The molecular weight excluding hydrogens is 394 g/mol. The molecule has 2 rings (SSSR count). The number of nitrogens with one attached hydrogen (secondary N) is 1. The van der Waals surface area contributed by atoms with Gasteiger partial charge in [-0.2, -0.15) is 0 Å². The molecule has 0 spiro atoms. The van der Waals surface area contributed by atoms with Gasteiger partial charge in [0.05, 0.1) is 20.7 Å². The molecule has 0 aliphatic rings. The highest BCUT2D eigenvalue weighted by molar-refractivity contribution is 9.10. The molecule has 0 radical (unpaired) electrons. The van der Waals surface area contributed by atoms with Gasteiger partial charge in [0.25, 0.3) is 0 Å². The Morgan fingerprint density at radius 2 is 1.90 bits per heavy atom. The van der Waals surface area contributed by atoms with Crippen molar-refractivity contribution in [3.05, 3.63) is 48.2 Å². The Bertz CT molecular complexity index is 698. The van der Waals surface area contributed by atoms with Crippen molar-refractivity contribution < 1.29 is 4.92 Å². The van der Waals surface area contributed by atoms with Gasteiger partial charge in [-0.3, -0.25) is 10.1 Å². The smallest absolute Gasteiger partial charge is 0.333 e. The molecule has 1 aromatic heterocycles. The van der Waals surface area contributed by atoms with E-state index in [2.05, 4.69) is 31.2 Å². The second-order valence-electron chi connectivity index (χ2n) is 3.47. The molecule has 0 saturated carbocycles. The lowest BCUT2D eigenvalue weighted by molar-refractivity contribution is -0.384. The van der Waals surface area contributed by atoms with E-state index in [1.54, 1.807) is 12.1 Å². The van der Waals surface area contributed by atoms with Crippen molar-refractivity contribution in [3.63, 3.8) is 0 Å². The second-order valence-corrected chi connectivity index (χ2v) is 5.43. The van der Waals surface area contributed by atoms with Crippen molar-refractivity contribution in [2.24, 2.45) is 0 Å². The van der Waals surface area contributed by atoms with Crippen LogP contribution in [-0.2, 0) is 0 Å². The zero-order chi connectivity index (χ0) is 14.9. The Kier molecular flexibility index (Phi) is 4.64. The average Bonchev–Trinajstić information content (AvgIpc) is 2.39. The van der Waals surface area contributed by atoms with Crippen LogP contribution in [0.4, 0.5) is 17.2 Å². The standard InChI is InChI=1S/C10H4BrCl3N4O2/c11-4-1-2-5(7(13)6(4)12)17-10-8(18(19)20)9(14)15-3-16-10/h1-3H,(H,15,16,17). The molecule has 10 heteroatoms. The number of hydrogen-bond acceptors (Lipinski definition) is 5. The molecule has 0 atom stereocenters. The lowest BCUT2D eigenvalue weighted by Crippen LogP contribution is -2.02. The lowest BCUT2D eigenvalue weighted by atomic mass is 10.3. The van der Waals surface area contributed by atoms with E-state index in [1.807, 2.05) is 0 Å². The van der Waals surface area contributed by atoms with Crippen LogP contribution in [0.1, 0.15) is 0 Å². The maximum absolute atomic E-state index is 11.0. The van der Waals surface area contributed by atoms with E-state index in [0.29, 0.717) is 10.2 Å². The summed E-state index contributed by atoms with van der Waals surface area (Å²) in [4.78, 5) is 17.6. The summed E-state index contributed by atoms with van der Waals surface area (Å²) in [6.07, 6.45) is 1.10. The van der Waals surface area contributed by atoms with Crippen molar-refractivity contribution in [3.8, 4) is 0 Å². The van der Waals surface area contributed by atoms with Gasteiger partial charge in [-0.05, 0) is 28.1 Å². The van der Waals surface area contributed by atoms with E-state index in [0.717, 1.165) is 6.33 Å². The summed E-state index contributed by atoms with van der Waals surface area (Å²) in [5, 5.41) is 13.9. The minimum Gasteiger partial charge on any atom is -0.333 e. The molecule has 1 N–H and O–H groups in total. The average molecular weight is 398 g/mol. The van der Waals surface area contributed by atoms with E-state index in [-0.39, 0.29) is 21.0 Å². The first-order valence-electron chi connectivity index (χ1n) is 4.97. The first-order chi connectivity index (χ1) is 9.41. The Morgan fingerprint density at radius 1 is 1.20 bits per heavy atom. The number of halogens is 4. The molecule has 0 bridgehead atoms. The molecule has 6 nitrogen and oxygen atoms in total. The summed E-state index contributed by atoms with van der Waals surface area (Å²) in [7, 11) is 0. The fourth-order valence-electron chi connectivity index (χ4n) is 1.36. The van der Waals surface area contributed by atoms with E-state index >= 15 is 0 Å². The Labute approximate surface area is 136 Å². The van der Waals surface area contributed by atoms with Gasteiger partial charge in [-0.15, -0.1) is 0 Å². The van der Waals surface area contributed by atoms with Crippen molar-refractivity contribution in [1.29, 1.82) is 0 Å². The number of nitrogens with zero attached hydrogens (tertiary/aromatic N) is 3. The Hall–Kier alpha value is -1.15. The number of nitro groups is 1. The van der Waals surface area contributed by atoms with Crippen LogP contribution in [0.3, 0.4) is 0 Å². The third kappa shape index (κ3) is 2.95. The first kappa shape index (κ1) is 15.2. The van der Waals surface area contributed by atoms with Crippen LogP contribution in [0.15, 0.2) is 22.9 Å². The fraction of sp³-hybridized carbons (Fsp3) is 0. The van der Waals surface area contributed by atoms with Crippen LogP contribution >= 0.6 is 50.7 Å². The number of benzene rings is 1. The Morgan fingerprint density at radius 3 is 2.55 bits per heavy atom. The Balaban J connectivity index is 2.48. The normalized spacial score (nSPS) is 10.4. The lowest BCUT2D eigenvalue weighted by Gasteiger charge is -2.10. The quantitative estimate of drug-likeness (QED) is 0.346. The van der Waals surface area contributed by atoms with Crippen molar-refractivity contribution in [1.82, 2.24) is 9.97 Å². The minimum absolute atomic E-state index is 0.0738. The van der Waals surface area contributed by atoms with Crippen LogP contribution in [-0.4, -0.2) is 14.9 Å². The van der Waals surface area contributed by atoms with Gasteiger partial charge in [0.15, 0.2) is 0 Å². The van der Waals surface area contributed by atoms with Gasteiger partial charge in [-0.25, -0.2) is 9.97 Å². The number of anilines is 2. The van der Waals surface area contributed by atoms with Crippen molar-refractivity contribution in [2.75, 3.05) is 5.32 Å². The highest BCUT2D eigenvalue weighted by Crippen LogP contribution is 2.38. The zero-order valence-electron chi connectivity index (χ0n) is 9.40. The highest BCUT2D eigenvalue weighted by Gasteiger charge is 2.22. The van der Waals surface area contributed by atoms with E-state index < -0.39 is 10.6 Å². The molecule has 0 fully saturated rings. The van der Waals surface area contributed by atoms with Crippen molar-refractivity contribution >= 4 is 67.9 Å². The molecule has 2 aromatic rings. The van der Waals surface area contributed by atoms with Gasteiger partial charge in [0.1, 0.15) is 6.33 Å². The molecule has 0 amide bonds. The van der Waals surface area contributed by atoms with Crippen LogP contribution in [0.2, 0.25) is 15.2 Å². The molecule has 20 heavy (non-hydrogen) atoms. The maximum atomic E-state index is 11.0. The molecule has 0 aliphatic heterocycles. The van der Waals surface area contributed by atoms with Crippen LogP contribution in [0.5, 0.6) is 0 Å². The molecule has 0 saturated heterocycles. The summed E-state index contributed by atoms with van der Waals surface area (Å²) in [5.41, 5.74) is -0.0815. The molecule has 1 heterocycles. The molecule has 0 aliphatic carbocycles. The van der Waals surface area contributed by atoms with E-state index in [1.165, 1.54) is 0 Å². The van der Waals surface area contributed by atoms with Gasteiger partial charge < -0.3 is 5.32 Å². The topological polar surface area (TPSA) is 81.0 Å². The monoisotopic (exact) mass is 396 g/mol. The number of hydrogen-bond donors (Lipinski definition) is 1. The van der Waals surface area contributed by atoms with Crippen molar-refractivity contribution in [2.45, 2.75) is 0 Å². The fourth-order valence-corrected chi connectivity index (χ4v) is 2.38. The predicted molar refractivity (Wildman–Crippen MR) is 81.1 cm³/mol. The van der Waals surface area contributed by atoms with Gasteiger partial charge >= 0.3 is 5.69 Å². The van der Waals surface area contributed by atoms with Crippen LogP contribution in [0.25, 0.3) is 0 Å².